The Labute approximate surface area is 166 Å². The van der Waals surface area contributed by atoms with Gasteiger partial charge in [-0.25, -0.2) is 4.79 Å². The van der Waals surface area contributed by atoms with Gasteiger partial charge in [-0.15, -0.1) is 0 Å². The van der Waals surface area contributed by atoms with Gasteiger partial charge in [0, 0.05) is 29.5 Å². The number of benzene rings is 2. The summed E-state index contributed by atoms with van der Waals surface area (Å²) in [6.45, 7) is 2.89. The molecule has 0 bridgehead atoms. The summed E-state index contributed by atoms with van der Waals surface area (Å²) >= 11 is 3.32. The Morgan fingerprint density at radius 2 is 1.70 bits per heavy atom. The molecule has 1 fully saturated rings. The third kappa shape index (κ3) is 4.83. The zero-order chi connectivity index (χ0) is 19.4. The van der Waals surface area contributed by atoms with E-state index in [9.17, 15) is 14.4 Å². The van der Waals surface area contributed by atoms with Crippen molar-refractivity contribution in [3.8, 4) is 0 Å². The van der Waals surface area contributed by atoms with Gasteiger partial charge in [0.15, 0.2) is 6.10 Å². The molecule has 3 rings (SSSR count). The van der Waals surface area contributed by atoms with Crippen molar-refractivity contribution in [2.45, 2.75) is 32.4 Å². The van der Waals surface area contributed by atoms with E-state index in [0.29, 0.717) is 24.1 Å². The first-order valence-electron chi connectivity index (χ1n) is 8.81. The van der Waals surface area contributed by atoms with Crippen LogP contribution in [0.1, 0.15) is 46.0 Å². The molecule has 0 radical (unpaired) electrons. The van der Waals surface area contributed by atoms with Crippen LogP contribution >= 0.6 is 15.9 Å². The predicted molar refractivity (Wildman–Crippen MR) is 104 cm³/mol. The average molecular weight is 430 g/mol. The summed E-state index contributed by atoms with van der Waals surface area (Å²) < 4.78 is 6.18. The molecule has 27 heavy (non-hydrogen) atoms. The van der Waals surface area contributed by atoms with Gasteiger partial charge in [-0.05, 0) is 43.2 Å². The molecule has 0 N–H and O–H groups in total. The maximum atomic E-state index is 12.4. The van der Waals surface area contributed by atoms with Crippen molar-refractivity contribution in [3.05, 3.63) is 69.7 Å². The molecule has 0 aliphatic carbocycles. The largest absolute Gasteiger partial charge is 0.451 e. The average Bonchev–Trinajstić information content (AvgIpc) is 3.07. The van der Waals surface area contributed by atoms with Crippen LogP contribution in [0.4, 0.5) is 0 Å². The number of rotatable bonds is 6. The lowest BCUT2D eigenvalue weighted by molar-refractivity contribution is -0.128. The van der Waals surface area contributed by atoms with Gasteiger partial charge in [-0.2, -0.15) is 0 Å². The first-order valence-corrected chi connectivity index (χ1v) is 9.61. The van der Waals surface area contributed by atoms with E-state index in [1.54, 1.807) is 43.3 Å². The van der Waals surface area contributed by atoms with Crippen LogP contribution < -0.4 is 0 Å². The maximum Gasteiger partial charge on any atom is 0.338 e. The Morgan fingerprint density at radius 3 is 2.30 bits per heavy atom. The molecule has 1 amide bonds. The lowest BCUT2D eigenvalue weighted by Gasteiger charge is -2.16. The second-order valence-corrected chi connectivity index (χ2v) is 7.45. The summed E-state index contributed by atoms with van der Waals surface area (Å²) in [7, 11) is 0. The van der Waals surface area contributed by atoms with Gasteiger partial charge in [0.2, 0.25) is 11.7 Å². The number of hydrogen-bond acceptors (Lipinski definition) is 4. The molecule has 1 heterocycles. The SMILES string of the molecule is C[C@@H](OC(=O)c1ccc(CN2CCCC2=O)cc1)C(=O)c1ccc(Br)cc1. The van der Waals surface area contributed by atoms with Crippen molar-refractivity contribution in [3.63, 3.8) is 0 Å². The summed E-state index contributed by atoms with van der Waals surface area (Å²) in [5.41, 5.74) is 1.83. The zero-order valence-electron chi connectivity index (χ0n) is 15.0. The minimum absolute atomic E-state index is 0.166. The maximum absolute atomic E-state index is 12.4. The standard InChI is InChI=1S/C21H20BrNO4/c1-14(20(25)16-8-10-18(22)11-9-16)27-21(26)17-6-4-15(5-7-17)13-23-12-2-3-19(23)24/h4-11,14H,2-3,12-13H2,1H3/t14-/m1/s1. The minimum atomic E-state index is -0.874. The number of carbonyl (C=O) groups excluding carboxylic acids is 3. The first-order chi connectivity index (χ1) is 12.9. The monoisotopic (exact) mass is 429 g/mol. The number of carbonyl (C=O) groups is 3. The van der Waals surface area contributed by atoms with Crippen LogP contribution in [0.2, 0.25) is 0 Å². The topological polar surface area (TPSA) is 63.7 Å². The van der Waals surface area contributed by atoms with Crippen molar-refractivity contribution in [2.24, 2.45) is 0 Å². The number of ketones is 1. The molecule has 1 saturated heterocycles. The Kier molecular flexibility index (Phi) is 6.06. The fraction of sp³-hybridized carbons (Fsp3) is 0.286. The summed E-state index contributed by atoms with van der Waals surface area (Å²) in [5.74, 6) is -0.629. The summed E-state index contributed by atoms with van der Waals surface area (Å²) in [6.07, 6.45) is 0.628. The van der Waals surface area contributed by atoms with Crippen LogP contribution in [0.25, 0.3) is 0 Å². The highest BCUT2D eigenvalue weighted by molar-refractivity contribution is 9.10. The van der Waals surface area contributed by atoms with Crippen LogP contribution in [0.15, 0.2) is 53.0 Å². The fourth-order valence-electron chi connectivity index (χ4n) is 2.97. The van der Waals surface area contributed by atoms with Crippen LogP contribution in [0.5, 0.6) is 0 Å². The van der Waals surface area contributed by atoms with Gasteiger partial charge in [-0.1, -0.05) is 40.2 Å². The highest BCUT2D eigenvalue weighted by atomic mass is 79.9. The molecule has 0 spiro atoms. The van der Waals surface area contributed by atoms with E-state index in [-0.39, 0.29) is 11.7 Å². The van der Waals surface area contributed by atoms with E-state index < -0.39 is 12.1 Å². The highest BCUT2D eigenvalue weighted by Crippen LogP contribution is 2.16. The molecule has 5 nitrogen and oxygen atoms in total. The fourth-order valence-corrected chi connectivity index (χ4v) is 3.23. The van der Waals surface area contributed by atoms with Gasteiger partial charge in [0.1, 0.15) is 0 Å². The predicted octanol–water partition coefficient (Wildman–Crippen LogP) is 4.00. The molecule has 2 aromatic carbocycles. The number of hydrogen-bond donors (Lipinski definition) is 0. The zero-order valence-corrected chi connectivity index (χ0v) is 16.6. The molecular weight excluding hydrogens is 410 g/mol. The molecule has 1 aliphatic heterocycles. The number of Topliss-reactive ketones (excluding diaryl/α,β-unsaturated/α-hetero) is 1. The molecule has 6 heteroatoms. The van der Waals surface area contributed by atoms with Crippen molar-refractivity contribution in [2.75, 3.05) is 6.54 Å². The molecule has 0 aromatic heterocycles. The van der Waals surface area contributed by atoms with Gasteiger partial charge in [-0.3, -0.25) is 9.59 Å². The molecule has 0 unspecified atom stereocenters. The van der Waals surface area contributed by atoms with E-state index in [2.05, 4.69) is 15.9 Å². The van der Waals surface area contributed by atoms with E-state index in [4.69, 9.17) is 4.74 Å². The Balaban J connectivity index is 1.59. The van der Waals surface area contributed by atoms with Crippen molar-refractivity contribution in [1.29, 1.82) is 0 Å². The molecular formula is C21H20BrNO4. The second kappa shape index (κ2) is 8.48. The Morgan fingerprint density at radius 1 is 1.07 bits per heavy atom. The number of esters is 1. The summed E-state index contributed by atoms with van der Waals surface area (Å²) in [6, 6.07) is 13.9. The summed E-state index contributed by atoms with van der Waals surface area (Å²) in [4.78, 5) is 38.2. The van der Waals surface area contributed by atoms with Crippen molar-refractivity contribution >= 4 is 33.6 Å². The quantitative estimate of drug-likeness (QED) is 0.514. The van der Waals surface area contributed by atoms with Crippen molar-refractivity contribution in [1.82, 2.24) is 4.90 Å². The van der Waals surface area contributed by atoms with E-state index >= 15 is 0 Å². The van der Waals surface area contributed by atoms with Crippen LogP contribution in [-0.4, -0.2) is 35.2 Å². The molecule has 1 aliphatic rings. The molecule has 140 valence electrons. The highest BCUT2D eigenvalue weighted by Gasteiger charge is 2.22. The number of amides is 1. The number of ether oxygens (including phenoxy) is 1. The van der Waals surface area contributed by atoms with Crippen molar-refractivity contribution < 1.29 is 19.1 Å². The normalized spacial score (nSPS) is 14.9. The number of halogens is 1. The molecule has 2 aromatic rings. The second-order valence-electron chi connectivity index (χ2n) is 6.53. The van der Waals surface area contributed by atoms with Gasteiger partial charge >= 0.3 is 5.97 Å². The lowest BCUT2D eigenvalue weighted by Crippen LogP contribution is -2.25. The lowest BCUT2D eigenvalue weighted by atomic mass is 10.1. The van der Waals surface area contributed by atoms with Crippen LogP contribution in [-0.2, 0) is 16.1 Å². The Hall–Kier alpha value is -2.47. The van der Waals surface area contributed by atoms with E-state index in [0.717, 1.165) is 23.0 Å². The van der Waals surface area contributed by atoms with Gasteiger partial charge in [0.25, 0.3) is 0 Å². The third-order valence-corrected chi connectivity index (χ3v) is 5.04. The molecule has 1 atom stereocenters. The van der Waals surface area contributed by atoms with Crippen LogP contribution in [0, 0.1) is 0 Å². The number of likely N-dealkylation sites (tertiary alicyclic amines) is 1. The first kappa shape index (κ1) is 19.3. The third-order valence-electron chi connectivity index (χ3n) is 4.52. The Bertz CT molecular complexity index is 845. The van der Waals surface area contributed by atoms with E-state index in [1.165, 1.54) is 0 Å². The van der Waals surface area contributed by atoms with E-state index in [1.807, 2.05) is 17.0 Å². The van der Waals surface area contributed by atoms with Gasteiger partial charge in [0.05, 0.1) is 5.56 Å². The number of nitrogens with zero attached hydrogens (tertiary/aromatic N) is 1. The van der Waals surface area contributed by atoms with Gasteiger partial charge < -0.3 is 9.64 Å². The minimum Gasteiger partial charge on any atom is -0.451 e. The smallest absolute Gasteiger partial charge is 0.338 e. The molecule has 0 saturated carbocycles. The van der Waals surface area contributed by atoms with Crippen LogP contribution in [0.3, 0.4) is 0 Å². The summed E-state index contributed by atoms with van der Waals surface area (Å²) in [5, 5.41) is 0.